The summed E-state index contributed by atoms with van der Waals surface area (Å²) in [4.78, 5) is 12.0. The quantitative estimate of drug-likeness (QED) is 0.680. The van der Waals surface area contributed by atoms with Gasteiger partial charge < -0.3 is 15.4 Å². The van der Waals surface area contributed by atoms with Crippen LogP contribution >= 0.6 is 0 Å². The van der Waals surface area contributed by atoms with Crippen molar-refractivity contribution in [2.24, 2.45) is 0 Å². The van der Waals surface area contributed by atoms with E-state index in [1.807, 2.05) is 26.0 Å². The smallest absolute Gasteiger partial charge is 0.426 e. The van der Waals surface area contributed by atoms with Crippen LogP contribution in [-0.2, 0) is 0 Å². The predicted molar refractivity (Wildman–Crippen MR) is 67.7 cm³/mol. The lowest BCUT2D eigenvalue weighted by molar-refractivity contribution is 0.0943. The second kappa shape index (κ2) is 5.84. The van der Waals surface area contributed by atoms with Crippen molar-refractivity contribution >= 4 is 13.0 Å². The Kier molecular flexibility index (Phi) is 4.72. The van der Waals surface area contributed by atoms with Gasteiger partial charge in [-0.3, -0.25) is 4.79 Å². The van der Waals surface area contributed by atoms with Gasteiger partial charge in [-0.2, -0.15) is 0 Å². The molecule has 0 fully saturated rings. The molecule has 0 aliphatic heterocycles. The van der Waals surface area contributed by atoms with E-state index in [1.54, 1.807) is 19.1 Å². The van der Waals surface area contributed by atoms with Crippen LogP contribution in [-0.4, -0.2) is 29.0 Å². The predicted octanol–water partition coefficient (Wildman–Crippen LogP) is 0.940. The Morgan fingerprint density at radius 1 is 1.24 bits per heavy atom. The van der Waals surface area contributed by atoms with Gasteiger partial charge in [-0.05, 0) is 24.5 Å². The zero-order valence-corrected chi connectivity index (χ0v) is 10.3. The monoisotopic (exact) mass is 235 g/mol. The fraction of sp³-hybridized carbons (Fsp3) is 0.417. The van der Waals surface area contributed by atoms with Crippen molar-refractivity contribution in [1.29, 1.82) is 0 Å². The van der Waals surface area contributed by atoms with Gasteiger partial charge in [0.15, 0.2) is 0 Å². The van der Waals surface area contributed by atoms with Gasteiger partial charge in [-0.1, -0.05) is 32.0 Å². The van der Waals surface area contributed by atoms with Crippen LogP contribution in [0.2, 0.25) is 0 Å². The Morgan fingerprint density at radius 3 is 2.35 bits per heavy atom. The molecule has 4 nitrogen and oxygen atoms in total. The molecule has 1 aromatic rings. The summed E-state index contributed by atoms with van der Waals surface area (Å²) in [5.74, 6) is -0.732. The van der Waals surface area contributed by atoms with Crippen LogP contribution in [0.15, 0.2) is 24.3 Å². The minimum atomic E-state index is -1.55. The molecule has 0 aliphatic rings. The highest BCUT2D eigenvalue weighted by atomic mass is 16.4. The van der Waals surface area contributed by atoms with E-state index in [0.29, 0.717) is 5.56 Å². The standard InChI is InChI=1S/C12H18BNO3/c1-8(2)10-6-4-5-7-11(10)12(15)14-9(3)13(16)17/h4-9,16-17H,1-3H3,(H,14,15). The molecule has 0 heterocycles. The Morgan fingerprint density at radius 2 is 1.82 bits per heavy atom. The lowest BCUT2D eigenvalue weighted by Crippen LogP contribution is -2.44. The van der Waals surface area contributed by atoms with Gasteiger partial charge in [0.2, 0.25) is 0 Å². The molecule has 1 amide bonds. The van der Waals surface area contributed by atoms with Crippen LogP contribution in [0.25, 0.3) is 0 Å². The van der Waals surface area contributed by atoms with Crippen molar-refractivity contribution in [3.05, 3.63) is 35.4 Å². The number of carbonyl (C=O) groups excluding carboxylic acids is 1. The van der Waals surface area contributed by atoms with Gasteiger partial charge >= 0.3 is 7.12 Å². The summed E-state index contributed by atoms with van der Waals surface area (Å²) < 4.78 is 0. The third-order valence-corrected chi connectivity index (χ3v) is 2.63. The van der Waals surface area contributed by atoms with E-state index in [0.717, 1.165) is 5.56 Å². The molecule has 0 bridgehead atoms. The van der Waals surface area contributed by atoms with Crippen LogP contribution in [0.3, 0.4) is 0 Å². The topological polar surface area (TPSA) is 69.6 Å². The zero-order chi connectivity index (χ0) is 13.0. The highest BCUT2D eigenvalue weighted by Gasteiger charge is 2.22. The van der Waals surface area contributed by atoms with Crippen LogP contribution in [0.1, 0.15) is 42.6 Å². The molecule has 0 saturated carbocycles. The number of rotatable bonds is 4. The average molecular weight is 235 g/mol. The lowest BCUT2D eigenvalue weighted by Gasteiger charge is -2.16. The van der Waals surface area contributed by atoms with E-state index in [-0.39, 0.29) is 11.8 Å². The summed E-state index contributed by atoms with van der Waals surface area (Å²) in [6.45, 7) is 5.56. The number of hydrogen-bond donors (Lipinski definition) is 3. The van der Waals surface area contributed by atoms with Crippen molar-refractivity contribution < 1.29 is 14.8 Å². The minimum Gasteiger partial charge on any atom is -0.426 e. The molecular weight excluding hydrogens is 217 g/mol. The van der Waals surface area contributed by atoms with Gasteiger partial charge in [0.25, 0.3) is 5.91 Å². The normalized spacial score (nSPS) is 12.4. The van der Waals surface area contributed by atoms with Crippen LogP contribution in [0.5, 0.6) is 0 Å². The maximum Gasteiger partial charge on any atom is 0.475 e. The van der Waals surface area contributed by atoms with Crippen molar-refractivity contribution in [2.75, 3.05) is 0 Å². The number of amides is 1. The van der Waals surface area contributed by atoms with Crippen LogP contribution in [0.4, 0.5) is 0 Å². The molecule has 1 atom stereocenters. The first kappa shape index (κ1) is 13.7. The van der Waals surface area contributed by atoms with E-state index in [2.05, 4.69) is 5.32 Å². The van der Waals surface area contributed by atoms with E-state index in [4.69, 9.17) is 10.0 Å². The molecule has 1 rings (SSSR count). The lowest BCUT2D eigenvalue weighted by atomic mass is 9.81. The summed E-state index contributed by atoms with van der Waals surface area (Å²) in [6, 6.07) is 7.32. The first-order valence-electron chi connectivity index (χ1n) is 5.69. The van der Waals surface area contributed by atoms with Gasteiger partial charge in [0, 0.05) is 5.56 Å². The summed E-state index contributed by atoms with van der Waals surface area (Å²) in [5, 5.41) is 20.4. The summed E-state index contributed by atoms with van der Waals surface area (Å²) in [5.41, 5.74) is 1.53. The molecule has 3 N–H and O–H groups in total. The summed E-state index contributed by atoms with van der Waals surface area (Å²) in [6.07, 6.45) is 0. The fourth-order valence-corrected chi connectivity index (χ4v) is 1.57. The Hall–Kier alpha value is -1.33. The molecular formula is C12H18BNO3. The van der Waals surface area contributed by atoms with E-state index >= 15 is 0 Å². The largest absolute Gasteiger partial charge is 0.475 e. The molecule has 1 unspecified atom stereocenters. The Labute approximate surface area is 102 Å². The SMILES string of the molecule is CC(NC(=O)c1ccccc1C(C)C)B(O)O. The van der Waals surface area contributed by atoms with Crippen molar-refractivity contribution in [3.63, 3.8) is 0 Å². The third kappa shape index (κ3) is 3.58. The highest BCUT2D eigenvalue weighted by Crippen LogP contribution is 2.19. The molecule has 0 spiro atoms. The average Bonchev–Trinajstić information content (AvgIpc) is 2.28. The molecule has 92 valence electrons. The van der Waals surface area contributed by atoms with E-state index in [1.165, 1.54) is 0 Å². The Bertz CT molecular complexity index is 393. The van der Waals surface area contributed by atoms with Crippen LogP contribution in [0, 0.1) is 0 Å². The number of carbonyl (C=O) groups is 1. The van der Waals surface area contributed by atoms with Crippen molar-refractivity contribution in [3.8, 4) is 0 Å². The van der Waals surface area contributed by atoms with Crippen molar-refractivity contribution in [2.45, 2.75) is 32.6 Å². The van der Waals surface area contributed by atoms with Gasteiger partial charge in [-0.15, -0.1) is 0 Å². The first-order chi connectivity index (χ1) is 7.93. The fourth-order valence-electron chi connectivity index (χ4n) is 1.57. The number of hydrogen-bond acceptors (Lipinski definition) is 3. The highest BCUT2D eigenvalue weighted by molar-refractivity contribution is 6.43. The number of benzene rings is 1. The Balaban J connectivity index is 2.89. The first-order valence-corrected chi connectivity index (χ1v) is 5.69. The number of nitrogens with one attached hydrogen (secondary N) is 1. The maximum atomic E-state index is 12.0. The minimum absolute atomic E-state index is 0.242. The molecule has 17 heavy (non-hydrogen) atoms. The van der Waals surface area contributed by atoms with Crippen molar-refractivity contribution in [1.82, 2.24) is 5.32 Å². The molecule has 0 radical (unpaired) electrons. The molecule has 0 aromatic heterocycles. The zero-order valence-electron chi connectivity index (χ0n) is 10.3. The second-order valence-corrected chi connectivity index (χ2v) is 4.42. The summed E-state index contributed by atoms with van der Waals surface area (Å²) in [7, 11) is -1.55. The third-order valence-electron chi connectivity index (χ3n) is 2.63. The van der Waals surface area contributed by atoms with Gasteiger partial charge in [0.05, 0.1) is 5.94 Å². The van der Waals surface area contributed by atoms with Gasteiger partial charge in [-0.25, -0.2) is 0 Å². The second-order valence-electron chi connectivity index (χ2n) is 4.42. The molecule has 1 aromatic carbocycles. The maximum absolute atomic E-state index is 12.0. The molecule has 0 aliphatic carbocycles. The molecule has 0 saturated heterocycles. The van der Waals surface area contributed by atoms with Gasteiger partial charge in [0.1, 0.15) is 0 Å². The van der Waals surface area contributed by atoms with E-state index < -0.39 is 13.1 Å². The van der Waals surface area contributed by atoms with Crippen LogP contribution < -0.4 is 5.32 Å². The molecule has 5 heteroatoms. The summed E-state index contributed by atoms with van der Waals surface area (Å²) >= 11 is 0. The van der Waals surface area contributed by atoms with E-state index in [9.17, 15) is 4.79 Å².